The number of likely N-dealkylation sites (tertiary alicyclic amines) is 1. The summed E-state index contributed by atoms with van der Waals surface area (Å²) in [5.74, 6) is 1.53. The van der Waals surface area contributed by atoms with Crippen molar-refractivity contribution in [3.63, 3.8) is 0 Å². The van der Waals surface area contributed by atoms with Crippen LogP contribution in [-0.2, 0) is 9.53 Å². The molecule has 2 aliphatic heterocycles. The molecule has 28 heavy (non-hydrogen) atoms. The molecule has 2 amide bonds. The molecule has 1 unspecified atom stereocenters. The van der Waals surface area contributed by atoms with Gasteiger partial charge in [0.05, 0.1) is 5.54 Å². The highest BCUT2D eigenvalue weighted by Crippen LogP contribution is 2.53. The van der Waals surface area contributed by atoms with Crippen molar-refractivity contribution in [1.82, 2.24) is 10.2 Å². The van der Waals surface area contributed by atoms with Crippen molar-refractivity contribution >= 4 is 12.0 Å². The van der Waals surface area contributed by atoms with Gasteiger partial charge in [0.25, 0.3) is 0 Å². The van der Waals surface area contributed by atoms with Gasteiger partial charge in [-0.25, -0.2) is 4.79 Å². The quantitative estimate of drug-likeness (QED) is 0.865. The first-order valence-electron chi connectivity index (χ1n) is 10.7. The summed E-state index contributed by atoms with van der Waals surface area (Å²) in [5, 5.41) is 2.88. The Morgan fingerprint density at radius 1 is 1.25 bits per heavy atom. The zero-order valence-corrected chi connectivity index (χ0v) is 16.9. The number of hydrogen-bond donors (Lipinski definition) is 1. The van der Waals surface area contributed by atoms with Crippen molar-refractivity contribution < 1.29 is 14.3 Å². The van der Waals surface area contributed by atoms with Crippen LogP contribution in [0.2, 0.25) is 0 Å². The summed E-state index contributed by atoms with van der Waals surface area (Å²) >= 11 is 0. The lowest BCUT2D eigenvalue weighted by Gasteiger charge is -2.52. The Bertz CT molecular complexity index is 806. The molecule has 1 atom stereocenters. The SMILES string of the molecule is CC(C)c1cccc(C2CCC3(C2)CN(C(=O)C2CC4(COC(=O)N4)C2)C3)c1. The molecule has 2 aliphatic carbocycles. The minimum absolute atomic E-state index is 0.0549. The van der Waals surface area contributed by atoms with Gasteiger partial charge in [-0.05, 0) is 55.1 Å². The van der Waals surface area contributed by atoms with Gasteiger partial charge < -0.3 is 15.0 Å². The van der Waals surface area contributed by atoms with Crippen LogP contribution in [0.3, 0.4) is 0 Å². The summed E-state index contributed by atoms with van der Waals surface area (Å²) in [4.78, 5) is 26.1. The van der Waals surface area contributed by atoms with E-state index in [1.165, 1.54) is 30.4 Å². The Labute approximate surface area is 166 Å². The number of nitrogens with one attached hydrogen (secondary N) is 1. The Balaban J connectivity index is 1.16. The number of cyclic esters (lactones) is 1. The van der Waals surface area contributed by atoms with E-state index in [0.29, 0.717) is 23.9 Å². The molecule has 1 N–H and O–H groups in total. The van der Waals surface area contributed by atoms with Gasteiger partial charge in [0.15, 0.2) is 0 Å². The van der Waals surface area contributed by atoms with Crippen molar-refractivity contribution in [1.29, 1.82) is 0 Å². The molecule has 2 heterocycles. The number of hydrogen-bond acceptors (Lipinski definition) is 3. The second-order valence-corrected chi connectivity index (χ2v) is 10.0. The molecule has 2 saturated heterocycles. The number of rotatable bonds is 3. The van der Waals surface area contributed by atoms with Gasteiger partial charge in [0.2, 0.25) is 5.91 Å². The van der Waals surface area contributed by atoms with Crippen LogP contribution in [0.25, 0.3) is 0 Å². The fraction of sp³-hybridized carbons (Fsp3) is 0.652. The van der Waals surface area contributed by atoms with Crippen LogP contribution in [0.4, 0.5) is 4.79 Å². The third-order valence-electron chi connectivity index (χ3n) is 7.59. The number of amides is 2. The normalized spacial score (nSPS) is 33.0. The van der Waals surface area contributed by atoms with Crippen molar-refractivity contribution in [3.05, 3.63) is 35.4 Å². The van der Waals surface area contributed by atoms with Crippen LogP contribution in [-0.4, -0.2) is 42.1 Å². The smallest absolute Gasteiger partial charge is 0.407 e. The molecule has 0 bridgehead atoms. The molecule has 1 aromatic rings. The first-order chi connectivity index (χ1) is 13.4. The first-order valence-corrected chi connectivity index (χ1v) is 10.7. The molecular formula is C23H30N2O3. The lowest BCUT2D eigenvalue weighted by molar-refractivity contribution is -0.153. The number of carbonyl (C=O) groups is 2. The van der Waals surface area contributed by atoms with Gasteiger partial charge in [-0.1, -0.05) is 38.1 Å². The van der Waals surface area contributed by atoms with Crippen molar-refractivity contribution in [2.24, 2.45) is 11.3 Å². The minimum Gasteiger partial charge on any atom is -0.447 e. The van der Waals surface area contributed by atoms with Gasteiger partial charge in [-0.15, -0.1) is 0 Å². The van der Waals surface area contributed by atoms with Crippen LogP contribution < -0.4 is 5.32 Å². The van der Waals surface area contributed by atoms with Crippen molar-refractivity contribution in [3.8, 4) is 0 Å². The third kappa shape index (κ3) is 2.90. The molecular weight excluding hydrogens is 352 g/mol. The number of alkyl carbamates (subject to hydrolysis) is 1. The summed E-state index contributed by atoms with van der Waals surface area (Å²) in [5.41, 5.74) is 2.97. The molecule has 4 aliphatic rings. The fourth-order valence-corrected chi connectivity index (χ4v) is 5.90. The van der Waals surface area contributed by atoms with E-state index in [1.807, 2.05) is 0 Å². The van der Waals surface area contributed by atoms with Crippen LogP contribution >= 0.6 is 0 Å². The van der Waals surface area contributed by atoms with Crippen LogP contribution in [0.1, 0.15) is 68.9 Å². The number of carbonyl (C=O) groups excluding carboxylic acids is 2. The van der Waals surface area contributed by atoms with Gasteiger partial charge in [-0.3, -0.25) is 4.79 Å². The highest BCUT2D eigenvalue weighted by atomic mass is 16.6. The third-order valence-corrected chi connectivity index (χ3v) is 7.59. The fourth-order valence-electron chi connectivity index (χ4n) is 5.90. The van der Waals surface area contributed by atoms with Crippen molar-refractivity contribution in [2.45, 2.75) is 63.3 Å². The average molecular weight is 383 g/mol. The lowest BCUT2D eigenvalue weighted by atomic mass is 9.67. The Morgan fingerprint density at radius 3 is 2.71 bits per heavy atom. The first kappa shape index (κ1) is 18.0. The molecule has 0 aromatic heterocycles. The largest absolute Gasteiger partial charge is 0.447 e. The van der Waals surface area contributed by atoms with E-state index in [1.54, 1.807) is 0 Å². The standard InChI is InChI=1S/C23H30N2O3/c1-15(2)16-4-3-5-17(8-16)18-6-7-22(9-18)12-25(13-22)20(26)19-10-23(11-19)14-28-21(27)24-23/h3-5,8,15,18-19H,6-7,9-14H2,1-2H3,(H,24,27). The molecule has 2 saturated carbocycles. The maximum Gasteiger partial charge on any atom is 0.407 e. The predicted molar refractivity (Wildman–Crippen MR) is 106 cm³/mol. The number of benzene rings is 1. The van der Waals surface area contributed by atoms with Gasteiger partial charge in [0.1, 0.15) is 6.61 Å². The zero-order valence-electron chi connectivity index (χ0n) is 16.9. The highest BCUT2D eigenvalue weighted by molar-refractivity contribution is 5.82. The second kappa shape index (κ2) is 6.23. The van der Waals surface area contributed by atoms with Crippen LogP contribution in [0, 0.1) is 11.3 Å². The van der Waals surface area contributed by atoms with E-state index >= 15 is 0 Å². The van der Waals surface area contributed by atoms with E-state index in [2.05, 4.69) is 48.3 Å². The number of ether oxygens (including phenoxy) is 1. The monoisotopic (exact) mass is 382 g/mol. The summed E-state index contributed by atoms with van der Waals surface area (Å²) in [6.45, 7) is 6.74. The molecule has 4 fully saturated rings. The number of nitrogens with zero attached hydrogens (tertiary/aromatic N) is 1. The molecule has 0 radical (unpaired) electrons. The predicted octanol–water partition coefficient (Wildman–Crippen LogP) is 3.79. The molecule has 2 spiro atoms. The van der Waals surface area contributed by atoms with Crippen LogP contribution in [0.5, 0.6) is 0 Å². The van der Waals surface area contributed by atoms with Gasteiger partial charge in [0, 0.05) is 24.4 Å². The summed E-state index contributed by atoms with van der Waals surface area (Å²) in [6.07, 6.45) is 4.78. The van der Waals surface area contributed by atoms with E-state index in [0.717, 1.165) is 25.9 Å². The van der Waals surface area contributed by atoms with Crippen molar-refractivity contribution in [2.75, 3.05) is 19.7 Å². The van der Waals surface area contributed by atoms with Gasteiger partial charge >= 0.3 is 6.09 Å². The molecule has 150 valence electrons. The minimum atomic E-state index is -0.340. The Hall–Kier alpha value is -2.04. The van der Waals surface area contributed by atoms with E-state index in [-0.39, 0.29) is 23.5 Å². The lowest BCUT2D eigenvalue weighted by Crippen LogP contribution is -2.63. The highest BCUT2D eigenvalue weighted by Gasteiger charge is 2.56. The Morgan fingerprint density at radius 2 is 2.04 bits per heavy atom. The van der Waals surface area contributed by atoms with Crippen LogP contribution in [0.15, 0.2) is 24.3 Å². The maximum absolute atomic E-state index is 12.8. The Kier molecular flexibility index (Phi) is 4.01. The summed E-state index contributed by atoms with van der Waals surface area (Å²) in [6, 6.07) is 9.10. The summed E-state index contributed by atoms with van der Waals surface area (Å²) < 4.78 is 5.02. The van der Waals surface area contributed by atoms with Gasteiger partial charge in [-0.2, -0.15) is 0 Å². The van der Waals surface area contributed by atoms with E-state index in [9.17, 15) is 9.59 Å². The van der Waals surface area contributed by atoms with E-state index in [4.69, 9.17) is 4.74 Å². The molecule has 5 rings (SSSR count). The molecule has 5 nitrogen and oxygen atoms in total. The maximum atomic E-state index is 12.8. The molecule has 1 aromatic carbocycles. The topological polar surface area (TPSA) is 58.6 Å². The van der Waals surface area contributed by atoms with E-state index < -0.39 is 0 Å². The average Bonchev–Trinajstić information content (AvgIpc) is 3.23. The molecule has 5 heteroatoms. The summed E-state index contributed by atoms with van der Waals surface area (Å²) in [7, 11) is 0. The second-order valence-electron chi connectivity index (χ2n) is 10.0. The zero-order chi connectivity index (χ0) is 19.5.